The van der Waals surface area contributed by atoms with Gasteiger partial charge in [0, 0.05) is 27.9 Å². The lowest BCUT2D eigenvalue weighted by molar-refractivity contribution is -0.155. The number of esters is 1. The summed E-state index contributed by atoms with van der Waals surface area (Å²) in [7, 11) is -1.25. The highest BCUT2D eigenvalue weighted by Gasteiger charge is 2.20. The largest absolute Gasteiger partial charge is 0.459 e. The second-order valence-electron chi connectivity index (χ2n) is 6.72. The lowest BCUT2D eigenvalue weighted by Crippen LogP contribution is -2.26. The second-order valence-corrected chi connectivity index (χ2v) is 8.69. The molecule has 0 aliphatic carbocycles. The number of carbonyl (C=O) groups is 2. The van der Waals surface area contributed by atoms with E-state index in [1.165, 1.54) is 13.2 Å². The molecule has 0 amide bonds. The molecule has 8 heteroatoms. The van der Waals surface area contributed by atoms with Gasteiger partial charge in [-0.2, -0.15) is 0 Å². The van der Waals surface area contributed by atoms with Gasteiger partial charge in [0.05, 0.1) is 11.2 Å². The minimum Gasteiger partial charge on any atom is -0.459 e. The summed E-state index contributed by atoms with van der Waals surface area (Å²) in [6.45, 7) is 6.87. The number of Topliss-reactive ketones (excluding diaryl/α,β-unsaturated/α-hetero) is 1. The van der Waals surface area contributed by atoms with E-state index in [0.29, 0.717) is 21.2 Å². The first-order valence-electron chi connectivity index (χ1n) is 7.63. The van der Waals surface area contributed by atoms with Crippen molar-refractivity contribution in [3.63, 3.8) is 0 Å². The van der Waals surface area contributed by atoms with Crippen LogP contribution in [0.3, 0.4) is 0 Å². The molecule has 25 heavy (non-hydrogen) atoms. The van der Waals surface area contributed by atoms with Crippen LogP contribution >= 0.6 is 15.9 Å². The molecule has 136 valence electrons. The molecule has 0 saturated carbocycles. The molecule has 1 N–H and O–H groups in total. The van der Waals surface area contributed by atoms with Crippen LogP contribution in [0.2, 0.25) is 0 Å². The van der Waals surface area contributed by atoms with E-state index in [2.05, 4.69) is 20.7 Å². The van der Waals surface area contributed by atoms with Gasteiger partial charge < -0.3 is 14.0 Å². The van der Waals surface area contributed by atoms with Crippen LogP contribution in [0.1, 0.15) is 38.1 Å². The summed E-state index contributed by atoms with van der Waals surface area (Å²) in [6.07, 6.45) is 3.17. The monoisotopic (exact) mass is 428 g/mol. The minimum atomic E-state index is -1.25. The van der Waals surface area contributed by atoms with Crippen LogP contribution in [0, 0.1) is 0 Å². The zero-order valence-corrected chi connectivity index (χ0v) is 17.2. The number of aromatic nitrogens is 1. The maximum Gasteiger partial charge on any atom is 0.326 e. The Morgan fingerprint density at radius 1 is 1.32 bits per heavy atom. The molecule has 1 heterocycles. The molecule has 2 aromatic rings. The third-order valence-corrected chi connectivity index (χ3v) is 4.49. The molecule has 0 radical (unpaired) electrons. The van der Waals surface area contributed by atoms with E-state index in [0.717, 1.165) is 5.39 Å². The van der Waals surface area contributed by atoms with Crippen LogP contribution in [-0.4, -0.2) is 32.4 Å². The van der Waals surface area contributed by atoms with Crippen LogP contribution in [-0.2, 0) is 27.1 Å². The van der Waals surface area contributed by atoms with Gasteiger partial charge in [0.2, 0.25) is 0 Å². The predicted molar refractivity (Wildman–Crippen MR) is 103 cm³/mol. The van der Waals surface area contributed by atoms with Gasteiger partial charge in [0.15, 0.2) is 5.78 Å². The average Bonchev–Trinajstić information content (AvgIpc) is 2.74. The van der Waals surface area contributed by atoms with Crippen LogP contribution in [0.15, 0.2) is 22.8 Å². The Labute approximate surface area is 157 Å². The number of anilines is 1. The first-order valence-corrected chi connectivity index (χ1v) is 9.98. The fraction of sp³-hybridized carbons (Fsp3) is 0.412. The Morgan fingerprint density at radius 3 is 2.48 bits per heavy atom. The molecule has 1 aromatic carbocycles. The van der Waals surface area contributed by atoms with Gasteiger partial charge in [-0.15, -0.1) is 0 Å². The standard InChI is InChI=1S/C17H21BrN2O4S/c1-10(21)12-8-20(9-16(22)24-17(2,3)4)15-7-14(19-25(5)23)13(18)6-11(12)15/h6-8,19H,9H2,1-5H3. The predicted octanol–water partition coefficient (Wildman–Crippen LogP) is 3.65. The van der Waals surface area contributed by atoms with Crippen molar-refractivity contribution in [1.82, 2.24) is 4.57 Å². The zero-order valence-electron chi connectivity index (χ0n) is 14.8. The number of hydrogen-bond acceptors (Lipinski definition) is 4. The van der Waals surface area contributed by atoms with E-state index in [1.54, 1.807) is 43.7 Å². The highest BCUT2D eigenvalue weighted by Crippen LogP contribution is 2.32. The zero-order chi connectivity index (χ0) is 18.9. The van der Waals surface area contributed by atoms with Crippen molar-refractivity contribution in [2.75, 3.05) is 11.0 Å². The van der Waals surface area contributed by atoms with Crippen molar-refractivity contribution >= 4 is 55.3 Å². The Balaban J connectivity index is 2.53. The quantitative estimate of drug-likeness (QED) is 0.582. The molecule has 1 atom stereocenters. The van der Waals surface area contributed by atoms with E-state index in [-0.39, 0.29) is 12.3 Å². The van der Waals surface area contributed by atoms with E-state index in [9.17, 15) is 13.8 Å². The third-order valence-electron chi connectivity index (χ3n) is 3.32. The van der Waals surface area contributed by atoms with Gasteiger partial charge in [-0.3, -0.25) is 9.59 Å². The summed E-state index contributed by atoms with van der Waals surface area (Å²) in [5.74, 6) is -0.490. The smallest absolute Gasteiger partial charge is 0.326 e. The van der Waals surface area contributed by atoms with E-state index >= 15 is 0 Å². The first-order chi connectivity index (χ1) is 11.5. The van der Waals surface area contributed by atoms with Gasteiger partial charge >= 0.3 is 5.97 Å². The maximum atomic E-state index is 12.2. The Morgan fingerprint density at radius 2 is 1.96 bits per heavy atom. The third kappa shape index (κ3) is 4.92. The van der Waals surface area contributed by atoms with Crippen molar-refractivity contribution in [3.05, 3.63) is 28.4 Å². The van der Waals surface area contributed by atoms with Gasteiger partial charge in [-0.1, -0.05) is 0 Å². The van der Waals surface area contributed by atoms with Gasteiger partial charge in [-0.25, -0.2) is 4.21 Å². The van der Waals surface area contributed by atoms with Crippen LogP contribution in [0.5, 0.6) is 0 Å². The molecule has 0 aliphatic heterocycles. The molecular formula is C17H21BrN2O4S. The Bertz CT molecular complexity index is 868. The van der Waals surface area contributed by atoms with Crippen LogP contribution in [0.25, 0.3) is 10.9 Å². The molecule has 1 unspecified atom stereocenters. The fourth-order valence-electron chi connectivity index (χ4n) is 2.47. The number of rotatable bonds is 5. The minimum absolute atomic E-state index is 0.0165. The summed E-state index contributed by atoms with van der Waals surface area (Å²) in [5, 5.41) is 0.718. The fourth-order valence-corrected chi connectivity index (χ4v) is 3.52. The van der Waals surface area contributed by atoms with Gasteiger partial charge in [-0.05, 0) is 55.8 Å². The molecular weight excluding hydrogens is 408 g/mol. The Kier molecular flexibility index (Phi) is 5.73. The number of benzene rings is 1. The van der Waals surface area contributed by atoms with Crippen molar-refractivity contribution in [1.29, 1.82) is 0 Å². The van der Waals surface area contributed by atoms with Crippen molar-refractivity contribution in [3.8, 4) is 0 Å². The molecule has 0 bridgehead atoms. The number of ketones is 1. The molecule has 6 nitrogen and oxygen atoms in total. The lowest BCUT2D eigenvalue weighted by Gasteiger charge is -2.19. The summed E-state index contributed by atoms with van der Waals surface area (Å²) < 4.78 is 22.0. The number of hydrogen-bond donors (Lipinski definition) is 1. The number of halogens is 1. The summed E-state index contributed by atoms with van der Waals surface area (Å²) >= 11 is 3.42. The van der Waals surface area contributed by atoms with Gasteiger partial charge in [0.1, 0.15) is 23.1 Å². The number of fused-ring (bicyclic) bond motifs is 1. The molecule has 0 aliphatic rings. The Hall–Kier alpha value is -1.67. The molecule has 1 aromatic heterocycles. The molecule has 0 spiro atoms. The summed E-state index contributed by atoms with van der Waals surface area (Å²) in [6, 6.07) is 3.55. The molecule has 2 rings (SSSR count). The maximum absolute atomic E-state index is 12.2. The van der Waals surface area contributed by atoms with Crippen LogP contribution in [0.4, 0.5) is 5.69 Å². The second kappa shape index (κ2) is 7.29. The number of ether oxygens (including phenoxy) is 1. The highest BCUT2D eigenvalue weighted by molar-refractivity contribution is 9.10. The van der Waals surface area contributed by atoms with Crippen LogP contribution < -0.4 is 4.72 Å². The number of nitrogens with one attached hydrogen (secondary N) is 1. The van der Waals surface area contributed by atoms with E-state index in [4.69, 9.17) is 4.74 Å². The van der Waals surface area contributed by atoms with Crippen molar-refractivity contribution < 1.29 is 18.5 Å². The molecule has 0 fully saturated rings. The summed E-state index contributed by atoms with van der Waals surface area (Å²) in [5.41, 5.74) is 1.24. The van der Waals surface area contributed by atoms with Crippen molar-refractivity contribution in [2.45, 2.75) is 39.8 Å². The number of nitrogens with zero attached hydrogens (tertiary/aromatic N) is 1. The average molecular weight is 429 g/mol. The molecule has 0 saturated heterocycles. The lowest BCUT2D eigenvalue weighted by atomic mass is 10.1. The normalized spacial score (nSPS) is 12.9. The first kappa shape index (κ1) is 19.7. The highest BCUT2D eigenvalue weighted by atomic mass is 79.9. The topological polar surface area (TPSA) is 77.4 Å². The van der Waals surface area contributed by atoms with E-state index in [1.807, 2.05) is 0 Å². The number of carbonyl (C=O) groups excluding carboxylic acids is 2. The van der Waals surface area contributed by atoms with E-state index < -0.39 is 22.6 Å². The van der Waals surface area contributed by atoms with Gasteiger partial charge in [0.25, 0.3) is 0 Å². The SMILES string of the molecule is CC(=O)c1cn(CC(=O)OC(C)(C)C)c2cc(NS(C)=O)c(Br)cc12. The van der Waals surface area contributed by atoms with Crippen molar-refractivity contribution in [2.24, 2.45) is 0 Å². The summed E-state index contributed by atoms with van der Waals surface area (Å²) in [4.78, 5) is 24.1.